The third-order valence-corrected chi connectivity index (χ3v) is 4.05. The van der Waals surface area contributed by atoms with E-state index >= 15 is 0 Å². The average Bonchev–Trinajstić information content (AvgIpc) is 2.91. The predicted molar refractivity (Wildman–Crippen MR) is 90.8 cm³/mol. The summed E-state index contributed by atoms with van der Waals surface area (Å²) in [4.78, 5) is 11.7. The maximum atomic E-state index is 11.7. The van der Waals surface area contributed by atoms with Gasteiger partial charge in [-0.25, -0.2) is 4.79 Å². The van der Waals surface area contributed by atoms with Crippen molar-refractivity contribution in [2.24, 2.45) is 0 Å². The van der Waals surface area contributed by atoms with Crippen molar-refractivity contribution in [3.05, 3.63) is 69.9 Å². The summed E-state index contributed by atoms with van der Waals surface area (Å²) in [5, 5.41) is 9.60. The van der Waals surface area contributed by atoms with Gasteiger partial charge in [0.15, 0.2) is 0 Å². The Kier molecular flexibility index (Phi) is 4.21. The number of rotatable bonds is 3. The fraction of sp³-hybridized carbons (Fsp3) is 0.0556. The van der Waals surface area contributed by atoms with Crippen LogP contribution in [-0.4, -0.2) is 18.2 Å². The number of allylic oxidation sites excluding steroid dienone is 1. The van der Waals surface area contributed by atoms with E-state index in [9.17, 15) is 9.90 Å². The Morgan fingerprint density at radius 1 is 1.17 bits per heavy atom. The highest BCUT2D eigenvalue weighted by Gasteiger charge is 2.22. The lowest BCUT2D eigenvalue weighted by molar-refractivity contribution is -0.132. The van der Waals surface area contributed by atoms with E-state index in [4.69, 9.17) is 9.47 Å². The molecule has 2 aromatic carbocycles. The Morgan fingerprint density at radius 2 is 1.91 bits per heavy atom. The number of halogens is 1. The van der Waals surface area contributed by atoms with Gasteiger partial charge in [0, 0.05) is 11.6 Å². The monoisotopic (exact) mass is 372 g/mol. The molecule has 1 N–H and O–H groups in total. The highest BCUT2D eigenvalue weighted by atomic mass is 79.9. The van der Waals surface area contributed by atoms with Crippen LogP contribution in [0.15, 0.2) is 58.8 Å². The smallest absolute Gasteiger partial charge is 0.336 e. The number of phenols is 1. The van der Waals surface area contributed by atoms with Crippen LogP contribution in [0.5, 0.6) is 11.5 Å². The first-order valence-electron chi connectivity index (χ1n) is 6.85. The molecule has 0 fully saturated rings. The lowest BCUT2D eigenvalue weighted by Crippen LogP contribution is -1.92. The van der Waals surface area contributed by atoms with Gasteiger partial charge in [0.2, 0.25) is 0 Å². The summed E-state index contributed by atoms with van der Waals surface area (Å²) >= 11 is 3.27. The van der Waals surface area contributed by atoms with Gasteiger partial charge in [-0.05, 0) is 57.4 Å². The van der Waals surface area contributed by atoms with Crippen LogP contribution >= 0.6 is 15.9 Å². The maximum Gasteiger partial charge on any atom is 0.336 e. The zero-order valence-corrected chi connectivity index (χ0v) is 13.8. The van der Waals surface area contributed by atoms with Gasteiger partial charge in [0.05, 0.1) is 11.6 Å². The fourth-order valence-electron chi connectivity index (χ4n) is 2.24. The molecular weight excluding hydrogens is 360 g/mol. The molecule has 1 heterocycles. The molecule has 0 saturated heterocycles. The molecule has 0 saturated carbocycles. The summed E-state index contributed by atoms with van der Waals surface area (Å²) in [7, 11) is 1.61. The van der Waals surface area contributed by atoms with Crippen LogP contribution in [0, 0.1) is 0 Å². The highest BCUT2D eigenvalue weighted by molar-refractivity contribution is 9.10. The number of benzene rings is 2. The van der Waals surface area contributed by atoms with Crippen LogP contribution in [0.2, 0.25) is 0 Å². The Hall–Kier alpha value is -2.53. The molecule has 0 spiro atoms. The van der Waals surface area contributed by atoms with Crippen molar-refractivity contribution in [2.45, 2.75) is 0 Å². The number of carbonyl (C=O) groups excluding carboxylic acids is 1. The van der Waals surface area contributed by atoms with Crippen molar-refractivity contribution in [3.63, 3.8) is 0 Å². The quantitative estimate of drug-likeness (QED) is 0.822. The molecule has 3 rings (SSSR count). The van der Waals surface area contributed by atoms with Gasteiger partial charge in [-0.2, -0.15) is 0 Å². The summed E-state index contributed by atoms with van der Waals surface area (Å²) in [6, 6.07) is 12.5. The molecule has 0 aromatic heterocycles. The van der Waals surface area contributed by atoms with Crippen LogP contribution in [0.3, 0.4) is 0 Å². The molecule has 0 aliphatic carbocycles. The molecule has 23 heavy (non-hydrogen) atoms. The number of cyclic esters (lactones) is 1. The first-order valence-corrected chi connectivity index (χ1v) is 7.64. The topological polar surface area (TPSA) is 55.8 Å². The van der Waals surface area contributed by atoms with E-state index in [-0.39, 0.29) is 5.75 Å². The molecule has 1 aliphatic rings. The number of ether oxygens (including phenoxy) is 2. The van der Waals surface area contributed by atoms with Crippen molar-refractivity contribution in [1.29, 1.82) is 0 Å². The summed E-state index contributed by atoms with van der Waals surface area (Å²) in [5.41, 5.74) is 2.34. The molecule has 4 nitrogen and oxygen atoms in total. The van der Waals surface area contributed by atoms with E-state index in [1.54, 1.807) is 31.4 Å². The van der Waals surface area contributed by atoms with Gasteiger partial charge in [0.1, 0.15) is 17.3 Å². The number of esters is 1. The average molecular weight is 373 g/mol. The first kappa shape index (κ1) is 15.4. The summed E-state index contributed by atoms with van der Waals surface area (Å²) in [5.74, 6) is 0.954. The van der Waals surface area contributed by atoms with E-state index in [2.05, 4.69) is 15.9 Å². The lowest BCUT2D eigenvalue weighted by Gasteiger charge is -2.07. The Morgan fingerprint density at radius 3 is 2.57 bits per heavy atom. The minimum atomic E-state index is -0.413. The SMILES string of the molecule is COc1ccc(/C=C2\OC(=O)C=C2c2ccc(O)c(Br)c2)cc1. The summed E-state index contributed by atoms with van der Waals surface area (Å²) < 4.78 is 11.0. The number of methoxy groups -OCH3 is 1. The third-order valence-electron chi connectivity index (χ3n) is 3.41. The highest BCUT2D eigenvalue weighted by Crippen LogP contribution is 2.34. The van der Waals surface area contributed by atoms with E-state index in [0.717, 1.165) is 16.9 Å². The molecule has 0 unspecified atom stereocenters. The summed E-state index contributed by atoms with van der Waals surface area (Å²) in [6.07, 6.45) is 3.23. The lowest BCUT2D eigenvalue weighted by atomic mass is 10.0. The van der Waals surface area contributed by atoms with Crippen LogP contribution in [0.25, 0.3) is 11.6 Å². The normalized spacial score (nSPS) is 15.5. The minimum Gasteiger partial charge on any atom is -0.507 e. The third kappa shape index (κ3) is 3.29. The van der Waals surface area contributed by atoms with Crippen molar-refractivity contribution >= 4 is 33.5 Å². The van der Waals surface area contributed by atoms with Gasteiger partial charge in [-0.1, -0.05) is 18.2 Å². The minimum absolute atomic E-state index is 0.139. The van der Waals surface area contributed by atoms with Crippen molar-refractivity contribution < 1.29 is 19.4 Å². The van der Waals surface area contributed by atoms with E-state index < -0.39 is 5.97 Å². The van der Waals surface area contributed by atoms with Crippen LogP contribution in [0.1, 0.15) is 11.1 Å². The standard InChI is InChI=1S/C18H13BrO4/c1-22-13-5-2-11(3-6-13)8-17-14(10-18(21)23-17)12-4-7-16(20)15(19)9-12/h2-10,20H,1H3/b17-8-. The molecule has 0 amide bonds. The predicted octanol–water partition coefficient (Wildman–Crippen LogP) is 4.14. The van der Waals surface area contributed by atoms with Gasteiger partial charge in [-0.15, -0.1) is 0 Å². The molecule has 1 aliphatic heterocycles. The van der Waals surface area contributed by atoms with Crippen molar-refractivity contribution in [3.8, 4) is 11.5 Å². The number of hydrogen-bond donors (Lipinski definition) is 1. The van der Waals surface area contributed by atoms with E-state index in [0.29, 0.717) is 15.8 Å². The fourth-order valence-corrected chi connectivity index (χ4v) is 2.62. The molecule has 0 radical (unpaired) electrons. The van der Waals surface area contributed by atoms with E-state index in [1.807, 2.05) is 24.3 Å². The second-order valence-electron chi connectivity index (χ2n) is 4.93. The Balaban J connectivity index is 1.97. The van der Waals surface area contributed by atoms with E-state index in [1.165, 1.54) is 6.08 Å². The molecule has 0 atom stereocenters. The van der Waals surface area contributed by atoms with Crippen LogP contribution in [0.4, 0.5) is 0 Å². The molecular formula is C18H13BrO4. The number of carbonyl (C=O) groups is 1. The first-order chi connectivity index (χ1) is 11.1. The Labute approximate surface area is 141 Å². The van der Waals surface area contributed by atoms with Crippen molar-refractivity contribution in [2.75, 3.05) is 7.11 Å². The van der Waals surface area contributed by atoms with Gasteiger partial charge in [-0.3, -0.25) is 0 Å². The van der Waals surface area contributed by atoms with Crippen LogP contribution < -0.4 is 4.74 Å². The zero-order chi connectivity index (χ0) is 16.4. The van der Waals surface area contributed by atoms with Gasteiger partial charge >= 0.3 is 5.97 Å². The molecule has 2 aromatic rings. The molecule has 116 valence electrons. The number of hydrogen-bond acceptors (Lipinski definition) is 4. The summed E-state index contributed by atoms with van der Waals surface area (Å²) in [6.45, 7) is 0. The van der Waals surface area contributed by atoms with Gasteiger partial charge in [0.25, 0.3) is 0 Å². The van der Waals surface area contributed by atoms with Crippen LogP contribution in [-0.2, 0) is 9.53 Å². The molecule has 5 heteroatoms. The second kappa shape index (κ2) is 6.30. The zero-order valence-electron chi connectivity index (χ0n) is 12.2. The number of phenolic OH excluding ortho intramolecular Hbond substituents is 1. The van der Waals surface area contributed by atoms with Crippen molar-refractivity contribution in [1.82, 2.24) is 0 Å². The van der Waals surface area contributed by atoms with Gasteiger partial charge < -0.3 is 14.6 Å². The second-order valence-corrected chi connectivity index (χ2v) is 5.78. The number of aromatic hydroxyl groups is 1. The molecule has 0 bridgehead atoms. The largest absolute Gasteiger partial charge is 0.507 e. The maximum absolute atomic E-state index is 11.7. The Bertz CT molecular complexity index is 819.